The van der Waals surface area contributed by atoms with E-state index in [1.54, 1.807) is 12.3 Å². The number of benzene rings is 1. The highest BCUT2D eigenvalue weighted by Gasteiger charge is 2.30. The van der Waals surface area contributed by atoms with Crippen molar-refractivity contribution in [1.29, 1.82) is 0 Å². The zero-order valence-corrected chi connectivity index (χ0v) is 17.6. The van der Waals surface area contributed by atoms with Crippen LogP contribution in [0.5, 0.6) is 0 Å². The Morgan fingerprint density at radius 3 is 2.33 bits per heavy atom. The van der Waals surface area contributed by atoms with Gasteiger partial charge in [-0.1, -0.05) is 18.1 Å². The maximum atomic E-state index is 13.1. The van der Waals surface area contributed by atoms with Gasteiger partial charge in [0.15, 0.2) is 0 Å². The summed E-state index contributed by atoms with van der Waals surface area (Å²) in [6, 6.07) is 4.52. The second-order valence-corrected chi connectivity index (χ2v) is 9.77. The third-order valence-electron chi connectivity index (χ3n) is 5.97. The Balaban J connectivity index is 1.56. The number of sulfonamides is 1. The largest absolute Gasteiger partial charge is 0.366 e. The average molecular weight is 435 g/mol. The molecule has 0 atom stereocenters. The van der Waals surface area contributed by atoms with Crippen LogP contribution in [0.25, 0.3) is 0 Å². The van der Waals surface area contributed by atoms with Crippen molar-refractivity contribution in [2.45, 2.75) is 49.5 Å². The Bertz CT molecular complexity index is 978. The van der Waals surface area contributed by atoms with Crippen molar-refractivity contribution in [3.05, 3.63) is 40.7 Å². The molecule has 30 heavy (non-hydrogen) atoms. The second-order valence-electron chi connectivity index (χ2n) is 7.83. The van der Waals surface area contributed by atoms with E-state index in [0.29, 0.717) is 31.9 Å². The average Bonchev–Trinajstić information content (AvgIpc) is 3.15. The number of nitrogens with zero attached hydrogens (tertiary/aromatic N) is 6. The van der Waals surface area contributed by atoms with E-state index in [2.05, 4.69) is 10.3 Å². The first kappa shape index (κ1) is 20.7. The smallest absolute Gasteiger partial charge is 0.293 e. The molecule has 0 bridgehead atoms. The van der Waals surface area contributed by atoms with Crippen molar-refractivity contribution in [2.24, 2.45) is 0 Å². The fourth-order valence-electron chi connectivity index (χ4n) is 4.29. The summed E-state index contributed by atoms with van der Waals surface area (Å²) in [5.74, 6) is 0. The maximum Gasteiger partial charge on any atom is 0.293 e. The SMILES string of the molecule is O=[N+]([O-])c1cc(S(=O)(=O)N2CCCCCC2)ccc1N1CCC(n2ccnn2)CC1. The normalized spacial score (nSPS) is 19.5. The van der Waals surface area contributed by atoms with Crippen molar-refractivity contribution in [3.8, 4) is 0 Å². The molecule has 1 aromatic heterocycles. The number of piperidine rings is 1. The lowest BCUT2D eigenvalue weighted by Crippen LogP contribution is -2.35. The lowest BCUT2D eigenvalue weighted by atomic mass is 10.0. The molecule has 2 aliphatic rings. The third-order valence-corrected chi connectivity index (χ3v) is 7.86. The standard InChI is InChI=1S/C19H26N6O4S/c26-25(27)19-15-17(30(28,29)23-10-3-1-2-4-11-23)5-6-18(19)22-12-7-16(8-13-22)24-14-9-20-21-24/h5-6,9,14-16H,1-4,7-8,10-13H2. The molecule has 2 aromatic rings. The first-order valence-electron chi connectivity index (χ1n) is 10.4. The van der Waals surface area contributed by atoms with E-state index in [9.17, 15) is 18.5 Å². The van der Waals surface area contributed by atoms with Crippen molar-refractivity contribution in [2.75, 3.05) is 31.1 Å². The van der Waals surface area contributed by atoms with Gasteiger partial charge in [-0.05, 0) is 37.8 Å². The molecule has 3 heterocycles. The van der Waals surface area contributed by atoms with Crippen LogP contribution in [0, 0.1) is 10.1 Å². The molecule has 10 nitrogen and oxygen atoms in total. The minimum absolute atomic E-state index is 0.00245. The summed E-state index contributed by atoms with van der Waals surface area (Å²) < 4.78 is 29.4. The summed E-state index contributed by atoms with van der Waals surface area (Å²) >= 11 is 0. The van der Waals surface area contributed by atoms with Crippen molar-refractivity contribution < 1.29 is 13.3 Å². The second kappa shape index (κ2) is 8.68. The molecule has 11 heteroatoms. The van der Waals surface area contributed by atoms with E-state index >= 15 is 0 Å². The summed E-state index contributed by atoms with van der Waals surface area (Å²) in [4.78, 5) is 13.2. The molecule has 0 amide bonds. The Kier molecular flexibility index (Phi) is 6.00. The number of anilines is 1. The molecule has 2 aliphatic heterocycles. The van der Waals surface area contributed by atoms with Crippen LogP contribution in [0.2, 0.25) is 0 Å². The molecule has 0 radical (unpaired) electrons. The van der Waals surface area contributed by atoms with Crippen LogP contribution >= 0.6 is 0 Å². The van der Waals surface area contributed by atoms with Crippen molar-refractivity contribution in [1.82, 2.24) is 19.3 Å². The number of nitro groups is 1. The predicted octanol–water partition coefficient (Wildman–Crippen LogP) is 2.59. The molecule has 162 valence electrons. The molecule has 2 fully saturated rings. The highest BCUT2D eigenvalue weighted by molar-refractivity contribution is 7.89. The number of hydrogen-bond donors (Lipinski definition) is 0. The quantitative estimate of drug-likeness (QED) is 0.525. The first-order valence-corrected chi connectivity index (χ1v) is 11.8. The van der Waals surface area contributed by atoms with Crippen molar-refractivity contribution >= 4 is 21.4 Å². The van der Waals surface area contributed by atoms with Crippen LogP contribution in [0.3, 0.4) is 0 Å². The van der Waals surface area contributed by atoms with Gasteiger partial charge in [0, 0.05) is 38.4 Å². The Morgan fingerprint density at radius 2 is 1.73 bits per heavy atom. The van der Waals surface area contributed by atoms with Gasteiger partial charge in [-0.2, -0.15) is 4.31 Å². The monoisotopic (exact) mass is 434 g/mol. The highest BCUT2D eigenvalue weighted by Crippen LogP contribution is 2.35. The number of aromatic nitrogens is 3. The summed E-state index contributed by atoms with van der Waals surface area (Å²) in [6.07, 6.45) is 8.69. The van der Waals surface area contributed by atoms with Gasteiger partial charge in [-0.3, -0.25) is 10.1 Å². The summed E-state index contributed by atoms with van der Waals surface area (Å²) in [5.41, 5.74) is 0.303. The first-order chi connectivity index (χ1) is 14.5. The number of nitro benzene ring substituents is 1. The van der Waals surface area contributed by atoms with Gasteiger partial charge in [-0.15, -0.1) is 5.10 Å². The molecular formula is C19H26N6O4S. The number of rotatable bonds is 5. The molecular weight excluding hydrogens is 408 g/mol. The molecule has 2 saturated heterocycles. The fraction of sp³-hybridized carbons (Fsp3) is 0.579. The lowest BCUT2D eigenvalue weighted by Gasteiger charge is -2.33. The Hall–Kier alpha value is -2.53. The molecule has 0 spiro atoms. The van der Waals surface area contributed by atoms with Gasteiger partial charge in [0.2, 0.25) is 10.0 Å². The van der Waals surface area contributed by atoms with Crippen LogP contribution in [0.4, 0.5) is 11.4 Å². The van der Waals surface area contributed by atoms with E-state index in [1.807, 2.05) is 15.8 Å². The molecule has 0 aliphatic carbocycles. The molecule has 0 N–H and O–H groups in total. The third kappa shape index (κ3) is 4.17. The van der Waals surface area contributed by atoms with Crippen LogP contribution in [0.15, 0.2) is 35.5 Å². The van der Waals surface area contributed by atoms with Crippen LogP contribution < -0.4 is 4.90 Å². The van der Waals surface area contributed by atoms with Gasteiger partial charge in [0.05, 0.1) is 22.1 Å². The van der Waals surface area contributed by atoms with Crippen molar-refractivity contribution in [3.63, 3.8) is 0 Å². The Morgan fingerprint density at radius 1 is 1.03 bits per heavy atom. The van der Waals surface area contributed by atoms with E-state index in [4.69, 9.17) is 0 Å². The fourth-order valence-corrected chi connectivity index (χ4v) is 5.83. The van der Waals surface area contributed by atoms with Gasteiger partial charge < -0.3 is 4.90 Å². The lowest BCUT2D eigenvalue weighted by molar-refractivity contribution is -0.384. The van der Waals surface area contributed by atoms with Gasteiger partial charge in [0.25, 0.3) is 5.69 Å². The van der Waals surface area contributed by atoms with Crippen LogP contribution in [0.1, 0.15) is 44.6 Å². The topological polar surface area (TPSA) is 114 Å². The van der Waals surface area contributed by atoms with Gasteiger partial charge in [0.1, 0.15) is 5.69 Å². The van der Waals surface area contributed by atoms with E-state index in [1.165, 1.54) is 16.4 Å². The van der Waals surface area contributed by atoms with E-state index in [0.717, 1.165) is 38.5 Å². The summed E-state index contributed by atoms with van der Waals surface area (Å²) in [5, 5.41) is 19.7. The molecule has 0 unspecified atom stereocenters. The van der Waals surface area contributed by atoms with Crippen LogP contribution in [-0.2, 0) is 10.0 Å². The van der Waals surface area contributed by atoms with Gasteiger partial charge in [-0.25, -0.2) is 13.1 Å². The van der Waals surface area contributed by atoms with E-state index in [-0.39, 0.29) is 16.6 Å². The zero-order chi connectivity index (χ0) is 21.1. The molecule has 0 saturated carbocycles. The van der Waals surface area contributed by atoms with E-state index < -0.39 is 14.9 Å². The minimum Gasteiger partial charge on any atom is -0.366 e. The summed E-state index contributed by atoms with van der Waals surface area (Å²) in [7, 11) is -3.74. The van der Waals surface area contributed by atoms with Crippen LogP contribution in [-0.4, -0.2) is 58.8 Å². The maximum absolute atomic E-state index is 13.1. The van der Waals surface area contributed by atoms with Gasteiger partial charge >= 0.3 is 0 Å². The summed E-state index contributed by atoms with van der Waals surface area (Å²) in [6.45, 7) is 2.19. The number of hydrogen-bond acceptors (Lipinski definition) is 7. The highest BCUT2D eigenvalue weighted by atomic mass is 32.2. The molecule has 1 aromatic carbocycles. The molecule has 4 rings (SSSR count). The zero-order valence-electron chi connectivity index (χ0n) is 16.8. The Labute approximate surface area is 175 Å². The predicted molar refractivity (Wildman–Crippen MR) is 111 cm³/mol. The minimum atomic E-state index is -3.74.